The van der Waals surface area contributed by atoms with Gasteiger partial charge in [-0.15, -0.1) is 0 Å². The topological polar surface area (TPSA) is 70.2 Å². The third kappa shape index (κ3) is 6.29. The fraction of sp³-hybridized carbons (Fsp3) is 0.500. The molecule has 0 aliphatic carbocycles. The van der Waals surface area contributed by atoms with E-state index in [1.807, 2.05) is 41.5 Å². The molecule has 0 heterocycles. The van der Waals surface area contributed by atoms with E-state index in [9.17, 15) is 9.59 Å². The number of nitrogens with one attached hydrogen (secondary N) is 3. The van der Waals surface area contributed by atoms with Crippen LogP contribution in [0.15, 0.2) is 24.3 Å². The fourth-order valence-electron chi connectivity index (χ4n) is 1.69. The van der Waals surface area contributed by atoms with Crippen molar-refractivity contribution in [3.05, 3.63) is 29.8 Å². The maximum absolute atomic E-state index is 12.3. The summed E-state index contributed by atoms with van der Waals surface area (Å²) in [6, 6.07) is 6.61. The maximum Gasteiger partial charge on any atom is 0.319 e. The predicted molar refractivity (Wildman–Crippen MR) is 85.6 cm³/mol. The van der Waals surface area contributed by atoms with Gasteiger partial charge in [0.1, 0.15) is 0 Å². The largest absolute Gasteiger partial charge is 0.347 e. The van der Waals surface area contributed by atoms with E-state index in [2.05, 4.69) is 16.0 Å². The Kier molecular flexibility index (Phi) is 4.99. The van der Waals surface area contributed by atoms with Crippen LogP contribution in [0.5, 0.6) is 0 Å². The van der Waals surface area contributed by atoms with Crippen molar-refractivity contribution >= 4 is 17.6 Å². The molecule has 3 amide bonds. The molecule has 0 unspecified atom stereocenters. The summed E-state index contributed by atoms with van der Waals surface area (Å²) in [5, 5.41) is 8.41. The van der Waals surface area contributed by atoms with Gasteiger partial charge in [0, 0.05) is 11.1 Å². The van der Waals surface area contributed by atoms with E-state index in [-0.39, 0.29) is 23.0 Å². The van der Waals surface area contributed by atoms with Gasteiger partial charge in [-0.1, -0.05) is 12.1 Å². The molecule has 0 fully saturated rings. The molecule has 0 aliphatic heterocycles. The van der Waals surface area contributed by atoms with Crippen LogP contribution in [-0.4, -0.2) is 23.0 Å². The molecule has 0 aliphatic rings. The lowest BCUT2D eigenvalue weighted by molar-refractivity contribution is 0.0920. The summed E-state index contributed by atoms with van der Waals surface area (Å²) in [5.41, 5.74) is 0.252. The highest BCUT2D eigenvalue weighted by molar-refractivity contribution is 6.03. The number of para-hydroxylation sites is 1. The number of carbonyl (C=O) groups is 2. The van der Waals surface area contributed by atoms with Gasteiger partial charge < -0.3 is 16.0 Å². The standard InChI is InChI=1S/C16H25N3O2/c1-15(2,3)18-13(20)11-9-7-8-10-12(11)17-14(21)19-16(4,5)6/h7-10H,1-6H3,(H,18,20)(H2,17,19,21). The number of hydrogen-bond donors (Lipinski definition) is 3. The van der Waals surface area contributed by atoms with E-state index < -0.39 is 0 Å². The Morgan fingerprint density at radius 2 is 1.38 bits per heavy atom. The molecule has 1 aromatic carbocycles. The highest BCUT2D eigenvalue weighted by Gasteiger charge is 2.19. The van der Waals surface area contributed by atoms with E-state index in [0.717, 1.165) is 0 Å². The summed E-state index contributed by atoms with van der Waals surface area (Å²) in [6.45, 7) is 11.4. The molecule has 0 aromatic heterocycles. The van der Waals surface area contributed by atoms with E-state index in [1.54, 1.807) is 24.3 Å². The first-order chi connectivity index (χ1) is 9.48. The van der Waals surface area contributed by atoms with Gasteiger partial charge in [-0.3, -0.25) is 4.79 Å². The predicted octanol–water partition coefficient (Wildman–Crippen LogP) is 3.13. The zero-order valence-electron chi connectivity index (χ0n) is 13.6. The van der Waals surface area contributed by atoms with Crippen LogP contribution in [0, 0.1) is 0 Å². The van der Waals surface area contributed by atoms with E-state index in [4.69, 9.17) is 0 Å². The Morgan fingerprint density at radius 1 is 0.857 bits per heavy atom. The van der Waals surface area contributed by atoms with Crippen LogP contribution >= 0.6 is 0 Å². The van der Waals surface area contributed by atoms with Gasteiger partial charge in [0.05, 0.1) is 11.3 Å². The molecule has 5 heteroatoms. The minimum Gasteiger partial charge on any atom is -0.347 e. The number of benzene rings is 1. The Balaban J connectivity index is 2.90. The summed E-state index contributed by atoms with van der Waals surface area (Å²) in [5.74, 6) is -0.214. The molecule has 0 radical (unpaired) electrons. The average Bonchev–Trinajstić information content (AvgIpc) is 2.24. The first-order valence-corrected chi connectivity index (χ1v) is 6.99. The van der Waals surface area contributed by atoms with Gasteiger partial charge in [0.2, 0.25) is 0 Å². The number of carbonyl (C=O) groups excluding carboxylic acids is 2. The van der Waals surface area contributed by atoms with Crippen LogP contribution < -0.4 is 16.0 Å². The molecule has 0 bridgehead atoms. The van der Waals surface area contributed by atoms with Crippen molar-refractivity contribution in [3.63, 3.8) is 0 Å². The molecule has 1 aromatic rings. The molecular weight excluding hydrogens is 266 g/mol. The second-order valence-electron chi connectivity index (χ2n) is 7.08. The summed E-state index contributed by atoms with van der Waals surface area (Å²) < 4.78 is 0. The minimum absolute atomic E-state index is 0.214. The Hall–Kier alpha value is -2.04. The molecular formula is C16H25N3O2. The minimum atomic E-state index is -0.341. The lowest BCUT2D eigenvalue weighted by Crippen LogP contribution is -2.44. The molecule has 0 atom stereocenters. The molecule has 116 valence electrons. The van der Waals surface area contributed by atoms with Gasteiger partial charge in [0.25, 0.3) is 5.91 Å². The van der Waals surface area contributed by atoms with E-state index >= 15 is 0 Å². The van der Waals surface area contributed by atoms with Crippen LogP contribution in [0.1, 0.15) is 51.9 Å². The third-order valence-corrected chi connectivity index (χ3v) is 2.40. The van der Waals surface area contributed by atoms with Crippen molar-refractivity contribution in [3.8, 4) is 0 Å². The van der Waals surface area contributed by atoms with Crippen LogP contribution in [0.4, 0.5) is 10.5 Å². The van der Waals surface area contributed by atoms with Crippen molar-refractivity contribution in [2.75, 3.05) is 5.32 Å². The van der Waals surface area contributed by atoms with Crippen LogP contribution in [0.25, 0.3) is 0 Å². The highest BCUT2D eigenvalue weighted by Crippen LogP contribution is 2.16. The smallest absolute Gasteiger partial charge is 0.319 e. The Morgan fingerprint density at radius 3 is 1.90 bits per heavy atom. The number of anilines is 1. The van der Waals surface area contributed by atoms with Crippen molar-refractivity contribution in [2.24, 2.45) is 0 Å². The fourth-order valence-corrected chi connectivity index (χ4v) is 1.69. The van der Waals surface area contributed by atoms with Crippen LogP contribution in [-0.2, 0) is 0 Å². The summed E-state index contributed by atoms with van der Waals surface area (Å²) in [7, 11) is 0. The summed E-state index contributed by atoms with van der Waals surface area (Å²) >= 11 is 0. The van der Waals surface area contributed by atoms with E-state index in [0.29, 0.717) is 11.3 Å². The second kappa shape index (κ2) is 6.16. The molecule has 0 spiro atoms. The van der Waals surface area contributed by atoms with Gasteiger partial charge in [-0.25, -0.2) is 4.79 Å². The second-order valence-corrected chi connectivity index (χ2v) is 7.08. The van der Waals surface area contributed by atoms with Crippen molar-refractivity contribution in [1.29, 1.82) is 0 Å². The van der Waals surface area contributed by atoms with E-state index in [1.165, 1.54) is 0 Å². The number of amides is 3. The monoisotopic (exact) mass is 291 g/mol. The zero-order chi connectivity index (χ0) is 16.3. The van der Waals surface area contributed by atoms with Gasteiger partial charge in [0.15, 0.2) is 0 Å². The van der Waals surface area contributed by atoms with Crippen molar-refractivity contribution in [1.82, 2.24) is 10.6 Å². The van der Waals surface area contributed by atoms with Crippen molar-refractivity contribution in [2.45, 2.75) is 52.6 Å². The maximum atomic E-state index is 12.3. The Bertz CT molecular complexity index is 525. The van der Waals surface area contributed by atoms with Gasteiger partial charge >= 0.3 is 6.03 Å². The van der Waals surface area contributed by atoms with Gasteiger partial charge in [-0.05, 0) is 53.7 Å². The SMILES string of the molecule is CC(C)(C)NC(=O)Nc1ccccc1C(=O)NC(C)(C)C. The summed E-state index contributed by atoms with van der Waals surface area (Å²) in [6.07, 6.45) is 0. The quantitative estimate of drug-likeness (QED) is 0.783. The highest BCUT2D eigenvalue weighted by atomic mass is 16.2. The lowest BCUT2D eigenvalue weighted by atomic mass is 10.1. The molecule has 3 N–H and O–H groups in total. The number of hydrogen-bond acceptors (Lipinski definition) is 2. The zero-order valence-corrected chi connectivity index (χ0v) is 13.6. The lowest BCUT2D eigenvalue weighted by Gasteiger charge is -2.23. The van der Waals surface area contributed by atoms with Crippen LogP contribution in [0.2, 0.25) is 0 Å². The van der Waals surface area contributed by atoms with Crippen molar-refractivity contribution < 1.29 is 9.59 Å². The average molecular weight is 291 g/mol. The number of urea groups is 1. The normalized spacial score (nSPS) is 11.7. The van der Waals surface area contributed by atoms with Gasteiger partial charge in [-0.2, -0.15) is 0 Å². The summed E-state index contributed by atoms with van der Waals surface area (Å²) in [4.78, 5) is 24.2. The Labute approximate surface area is 126 Å². The third-order valence-electron chi connectivity index (χ3n) is 2.40. The first-order valence-electron chi connectivity index (χ1n) is 6.99. The molecule has 21 heavy (non-hydrogen) atoms. The first kappa shape index (κ1) is 17.0. The molecule has 1 rings (SSSR count). The molecule has 5 nitrogen and oxygen atoms in total. The number of rotatable bonds is 2. The molecule has 0 saturated carbocycles. The molecule has 0 saturated heterocycles. The van der Waals surface area contributed by atoms with Crippen LogP contribution in [0.3, 0.4) is 0 Å².